The molecule has 1 aliphatic rings. The van der Waals surface area contributed by atoms with Gasteiger partial charge in [0.1, 0.15) is 5.82 Å². The summed E-state index contributed by atoms with van der Waals surface area (Å²) in [6.07, 6.45) is 1.69. The van der Waals surface area contributed by atoms with E-state index in [2.05, 4.69) is 16.5 Å². The van der Waals surface area contributed by atoms with Gasteiger partial charge in [-0.3, -0.25) is 0 Å². The average molecular weight is 262 g/mol. The van der Waals surface area contributed by atoms with Crippen molar-refractivity contribution in [3.63, 3.8) is 0 Å². The van der Waals surface area contributed by atoms with Crippen molar-refractivity contribution in [1.82, 2.24) is 4.98 Å². The fourth-order valence-electron chi connectivity index (χ4n) is 2.08. The van der Waals surface area contributed by atoms with Gasteiger partial charge in [0, 0.05) is 20.2 Å². The van der Waals surface area contributed by atoms with E-state index < -0.39 is 5.97 Å². The molecule has 1 aromatic heterocycles. The maximum Gasteiger partial charge on any atom is 0.356 e. The molecule has 5 nitrogen and oxygen atoms in total. The number of carbonyl (C=O) groups excluding carboxylic acids is 1. The summed E-state index contributed by atoms with van der Waals surface area (Å²) in [6, 6.07) is 3.56. The maximum atomic E-state index is 11.6. The molecule has 1 aliphatic heterocycles. The summed E-state index contributed by atoms with van der Waals surface area (Å²) < 4.78 is 10.1. The molecule has 0 N–H and O–H groups in total. The van der Waals surface area contributed by atoms with Crippen LogP contribution in [0.5, 0.6) is 0 Å². The van der Waals surface area contributed by atoms with Crippen molar-refractivity contribution in [3.8, 4) is 0 Å². The molecular formula is C14H18N2O3. The van der Waals surface area contributed by atoms with Crippen LogP contribution in [0.2, 0.25) is 0 Å². The number of hydrogen-bond donors (Lipinski definition) is 0. The predicted octanol–water partition coefficient (Wildman–Crippen LogP) is 1.74. The third-order valence-corrected chi connectivity index (χ3v) is 3.33. The second-order valence-electron chi connectivity index (χ2n) is 4.85. The number of methoxy groups -OCH3 is 2. The topological polar surface area (TPSA) is 51.7 Å². The van der Waals surface area contributed by atoms with Crippen molar-refractivity contribution in [3.05, 3.63) is 30.0 Å². The Labute approximate surface area is 112 Å². The molecular weight excluding hydrogens is 244 g/mol. The molecule has 19 heavy (non-hydrogen) atoms. The molecule has 2 rings (SSSR count). The predicted molar refractivity (Wildman–Crippen MR) is 73.3 cm³/mol. The Bertz CT molecular complexity index is 507. The normalized spacial score (nSPS) is 16.7. The maximum absolute atomic E-state index is 11.6. The van der Waals surface area contributed by atoms with Gasteiger partial charge in [0.25, 0.3) is 0 Å². The molecule has 0 amide bonds. The van der Waals surface area contributed by atoms with Crippen molar-refractivity contribution in [2.24, 2.45) is 0 Å². The molecule has 0 bridgehead atoms. The summed E-state index contributed by atoms with van der Waals surface area (Å²) in [5.41, 5.74) is 0.995. The molecule has 1 fully saturated rings. The third-order valence-electron chi connectivity index (χ3n) is 3.33. The number of carbonyl (C=O) groups is 1. The van der Waals surface area contributed by atoms with Crippen LogP contribution in [0.3, 0.4) is 0 Å². The Morgan fingerprint density at radius 3 is 2.68 bits per heavy atom. The number of anilines is 1. The molecule has 0 spiro atoms. The van der Waals surface area contributed by atoms with E-state index in [0.29, 0.717) is 5.69 Å². The van der Waals surface area contributed by atoms with Crippen LogP contribution in [0.4, 0.5) is 5.82 Å². The number of ether oxygens (including phenoxy) is 2. The van der Waals surface area contributed by atoms with Gasteiger partial charge in [-0.05, 0) is 24.6 Å². The van der Waals surface area contributed by atoms with Crippen molar-refractivity contribution in [2.75, 3.05) is 32.2 Å². The molecule has 5 heteroatoms. The number of hydrogen-bond acceptors (Lipinski definition) is 5. The van der Waals surface area contributed by atoms with Crippen LogP contribution in [-0.4, -0.2) is 43.9 Å². The summed E-state index contributed by atoms with van der Waals surface area (Å²) in [7, 11) is 3.04. The van der Waals surface area contributed by atoms with Gasteiger partial charge in [0.15, 0.2) is 5.69 Å². The highest BCUT2D eigenvalue weighted by molar-refractivity contribution is 5.88. The lowest BCUT2D eigenvalue weighted by Gasteiger charge is -2.47. The Morgan fingerprint density at radius 2 is 2.16 bits per heavy atom. The SMILES string of the molecule is C=Cc1cc(C(=O)OC)nc(N2CC(C)(OC)C2)c1. The lowest BCUT2D eigenvalue weighted by molar-refractivity contribution is -0.0171. The molecule has 0 radical (unpaired) electrons. The van der Waals surface area contributed by atoms with Gasteiger partial charge < -0.3 is 14.4 Å². The quantitative estimate of drug-likeness (QED) is 0.774. The van der Waals surface area contributed by atoms with Crippen LogP contribution < -0.4 is 4.90 Å². The van der Waals surface area contributed by atoms with Gasteiger partial charge >= 0.3 is 5.97 Å². The molecule has 0 atom stereocenters. The molecule has 0 unspecified atom stereocenters. The number of nitrogens with zero attached hydrogens (tertiary/aromatic N) is 2. The van der Waals surface area contributed by atoms with E-state index in [0.717, 1.165) is 24.5 Å². The summed E-state index contributed by atoms with van der Waals surface area (Å²) in [4.78, 5) is 18.0. The lowest BCUT2D eigenvalue weighted by Crippen LogP contribution is -2.61. The van der Waals surface area contributed by atoms with E-state index >= 15 is 0 Å². The monoisotopic (exact) mass is 262 g/mol. The molecule has 1 saturated heterocycles. The van der Waals surface area contributed by atoms with E-state index in [1.165, 1.54) is 7.11 Å². The van der Waals surface area contributed by atoms with Crippen molar-refractivity contribution in [1.29, 1.82) is 0 Å². The second-order valence-corrected chi connectivity index (χ2v) is 4.85. The Kier molecular flexibility index (Phi) is 3.57. The molecule has 0 aliphatic carbocycles. The van der Waals surface area contributed by atoms with Crippen LogP contribution in [-0.2, 0) is 9.47 Å². The van der Waals surface area contributed by atoms with Crippen molar-refractivity contribution < 1.29 is 14.3 Å². The zero-order valence-corrected chi connectivity index (χ0v) is 11.5. The summed E-state index contributed by atoms with van der Waals surface area (Å²) >= 11 is 0. The molecule has 0 aromatic carbocycles. The second kappa shape index (κ2) is 5.01. The van der Waals surface area contributed by atoms with E-state index in [1.54, 1.807) is 19.3 Å². The summed E-state index contributed by atoms with van der Waals surface area (Å²) in [6.45, 7) is 7.26. The van der Waals surface area contributed by atoms with E-state index in [-0.39, 0.29) is 5.60 Å². The Hall–Kier alpha value is -1.88. The first-order valence-corrected chi connectivity index (χ1v) is 6.04. The Balaban J connectivity index is 2.26. The third kappa shape index (κ3) is 2.61. The van der Waals surface area contributed by atoms with Crippen molar-refractivity contribution in [2.45, 2.75) is 12.5 Å². The average Bonchev–Trinajstić information content (AvgIpc) is 2.42. The van der Waals surface area contributed by atoms with Crippen LogP contribution in [0.15, 0.2) is 18.7 Å². The van der Waals surface area contributed by atoms with Gasteiger partial charge in [-0.1, -0.05) is 12.7 Å². The minimum absolute atomic E-state index is 0.142. The van der Waals surface area contributed by atoms with E-state index in [1.807, 2.05) is 13.0 Å². The minimum Gasteiger partial charge on any atom is -0.464 e. The Morgan fingerprint density at radius 1 is 1.47 bits per heavy atom. The first-order valence-electron chi connectivity index (χ1n) is 6.04. The fourth-order valence-corrected chi connectivity index (χ4v) is 2.08. The molecule has 1 aromatic rings. The van der Waals surface area contributed by atoms with Crippen LogP contribution in [0.1, 0.15) is 23.0 Å². The van der Waals surface area contributed by atoms with Gasteiger partial charge in [0.05, 0.1) is 12.7 Å². The molecule has 0 saturated carbocycles. The first-order chi connectivity index (χ1) is 9.01. The van der Waals surface area contributed by atoms with Crippen LogP contribution in [0, 0.1) is 0 Å². The standard InChI is InChI=1S/C14H18N2O3/c1-5-10-6-11(13(17)18-3)15-12(7-10)16-8-14(2,9-16)19-4/h5-7H,1,8-9H2,2-4H3. The van der Waals surface area contributed by atoms with E-state index in [4.69, 9.17) is 9.47 Å². The fraction of sp³-hybridized carbons (Fsp3) is 0.429. The highest BCUT2D eigenvalue weighted by Crippen LogP contribution is 2.29. The largest absolute Gasteiger partial charge is 0.464 e. The summed E-state index contributed by atoms with van der Waals surface area (Å²) in [5.74, 6) is 0.298. The zero-order chi connectivity index (χ0) is 14.0. The first kappa shape index (κ1) is 13.5. The van der Waals surface area contributed by atoms with Gasteiger partial charge in [-0.15, -0.1) is 0 Å². The van der Waals surface area contributed by atoms with E-state index in [9.17, 15) is 4.79 Å². The highest BCUT2D eigenvalue weighted by atomic mass is 16.5. The smallest absolute Gasteiger partial charge is 0.356 e. The summed E-state index contributed by atoms with van der Waals surface area (Å²) in [5, 5.41) is 0. The lowest BCUT2D eigenvalue weighted by atomic mass is 9.96. The van der Waals surface area contributed by atoms with Crippen LogP contribution >= 0.6 is 0 Å². The zero-order valence-electron chi connectivity index (χ0n) is 11.5. The number of esters is 1. The van der Waals surface area contributed by atoms with Crippen molar-refractivity contribution >= 4 is 17.9 Å². The van der Waals surface area contributed by atoms with Gasteiger partial charge in [-0.2, -0.15) is 0 Å². The molecule has 2 heterocycles. The minimum atomic E-state index is -0.444. The number of aromatic nitrogens is 1. The van der Waals surface area contributed by atoms with Crippen LogP contribution in [0.25, 0.3) is 6.08 Å². The van der Waals surface area contributed by atoms with Gasteiger partial charge in [0.2, 0.25) is 0 Å². The molecule has 102 valence electrons. The number of rotatable bonds is 4. The number of pyridine rings is 1. The highest BCUT2D eigenvalue weighted by Gasteiger charge is 2.39. The van der Waals surface area contributed by atoms with Gasteiger partial charge in [-0.25, -0.2) is 9.78 Å².